The molecule has 1 heterocycles. The molecule has 1 fully saturated rings. The molecule has 6 nitrogen and oxygen atoms in total. The van der Waals surface area contributed by atoms with Crippen LogP contribution in [0.3, 0.4) is 0 Å². The van der Waals surface area contributed by atoms with Gasteiger partial charge in [0.25, 0.3) is 5.91 Å². The zero-order chi connectivity index (χ0) is 18.2. The Balaban J connectivity index is 1.34. The topological polar surface area (TPSA) is 80.6 Å². The molecular weight excluding hydrogens is 332 g/mol. The van der Waals surface area contributed by atoms with Gasteiger partial charge in [-0.1, -0.05) is 12.1 Å². The molecule has 136 valence electrons. The van der Waals surface area contributed by atoms with E-state index in [1.807, 2.05) is 24.3 Å². The maximum absolute atomic E-state index is 11.7. The minimum absolute atomic E-state index is 0.0356. The van der Waals surface area contributed by atoms with E-state index in [0.29, 0.717) is 30.5 Å². The molecule has 26 heavy (non-hydrogen) atoms. The van der Waals surface area contributed by atoms with Crippen LogP contribution in [-0.4, -0.2) is 31.0 Å². The predicted molar refractivity (Wildman–Crippen MR) is 97.6 cm³/mol. The zero-order valence-corrected chi connectivity index (χ0v) is 14.4. The van der Waals surface area contributed by atoms with Crippen LogP contribution in [0, 0.1) is 0 Å². The summed E-state index contributed by atoms with van der Waals surface area (Å²) >= 11 is 0. The van der Waals surface area contributed by atoms with Gasteiger partial charge in [-0.2, -0.15) is 0 Å². The summed E-state index contributed by atoms with van der Waals surface area (Å²) in [4.78, 5) is 23.3. The molecule has 1 aromatic heterocycles. The molecule has 2 amide bonds. The summed E-state index contributed by atoms with van der Waals surface area (Å²) in [6.07, 6.45) is 7.47. The summed E-state index contributed by atoms with van der Waals surface area (Å²) < 4.78 is 10.6. The molecule has 1 aromatic carbocycles. The quantitative estimate of drug-likeness (QED) is 0.677. The number of amides is 2. The Kier molecular flexibility index (Phi) is 6.09. The van der Waals surface area contributed by atoms with Crippen LogP contribution in [0.1, 0.15) is 24.2 Å². The first kappa shape index (κ1) is 17.8. The van der Waals surface area contributed by atoms with Crippen LogP contribution in [0.15, 0.2) is 53.2 Å². The van der Waals surface area contributed by atoms with Gasteiger partial charge in [0, 0.05) is 18.7 Å². The van der Waals surface area contributed by atoms with E-state index in [2.05, 4.69) is 10.6 Å². The Morgan fingerprint density at radius 2 is 2.00 bits per heavy atom. The van der Waals surface area contributed by atoms with E-state index >= 15 is 0 Å². The SMILES string of the molecule is O=C(/C=C/c1ccco1)NCCc1ccc(OCC(=O)NC2CC2)cc1. The van der Waals surface area contributed by atoms with Crippen LogP contribution < -0.4 is 15.4 Å². The van der Waals surface area contributed by atoms with Crippen molar-refractivity contribution in [2.75, 3.05) is 13.2 Å². The second kappa shape index (κ2) is 8.89. The first-order valence-corrected chi connectivity index (χ1v) is 8.69. The predicted octanol–water partition coefficient (Wildman–Crippen LogP) is 2.31. The summed E-state index contributed by atoms with van der Waals surface area (Å²) in [5.41, 5.74) is 1.08. The number of ether oxygens (including phenoxy) is 1. The Labute approximate surface area is 152 Å². The number of furan rings is 1. The van der Waals surface area contributed by atoms with Crippen LogP contribution in [-0.2, 0) is 16.0 Å². The van der Waals surface area contributed by atoms with E-state index < -0.39 is 0 Å². The van der Waals surface area contributed by atoms with Crippen molar-refractivity contribution >= 4 is 17.9 Å². The van der Waals surface area contributed by atoms with Crippen LogP contribution in [0.4, 0.5) is 0 Å². The monoisotopic (exact) mass is 354 g/mol. The van der Waals surface area contributed by atoms with Crippen LogP contribution in [0.2, 0.25) is 0 Å². The van der Waals surface area contributed by atoms with Crippen molar-refractivity contribution in [3.05, 3.63) is 60.1 Å². The Hall–Kier alpha value is -3.02. The molecular formula is C20H22N2O4. The fraction of sp³-hybridized carbons (Fsp3) is 0.300. The number of rotatable bonds is 9. The normalized spacial score (nSPS) is 13.5. The van der Waals surface area contributed by atoms with Gasteiger partial charge < -0.3 is 19.8 Å². The van der Waals surface area contributed by atoms with Crippen molar-refractivity contribution in [2.24, 2.45) is 0 Å². The third kappa shape index (κ3) is 6.12. The maximum atomic E-state index is 11.7. The molecule has 3 rings (SSSR count). The Morgan fingerprint density at radius 3 is 2.69 bits per heavy atom. The highest BCUT2D eigenvalue weighted by molar-refractivity contribution is 5.91. The molecule has 0 spiro atoms. The maximum Gasteiger partial charge on any atom is 0.258 e. The summed E-state index contributed by atoms with van der Waals surface area (Å²) in [6, 6.07) is 11.4. The molecule has 0 unspecified atom stereocenters. The van der Waals surface area contributed by atoms with Crippen molar-refractivity contribution in [1.29, 1.82) is 0 Å². The highest BCUT2D eigenvalue weighted by atomic mass is 16.5. The van der Waals surface area contributed by atoms with Gasteiger partial charge in [-0.3, -0.25) is 9.59 Å². The van der Waals surface area contributed by atoms with Crippen LogP contribution >= 0.6 is 0 Å². The molecule has 1 saturated carbocycles. The number of carbonyl (C=O) groups is 2. The average Bonchev–Trinajstić information content (AvgIpc) is 3.30. The summed E-state index contributed by atoms with van der Waals surface area (Å²) in [5, 5.41) is 5.70. The van der Waals surface area contributed by atoms with Gasteiger partial charge in [0.2, 0.25) is 5.91 Å². The molecule has 0 aliphatic heterocycles. The second-order valence-electron chi connectivity index (χ2n) is 6.16. The zero-order valence-electron chi connectivity index (χ0n) is 14.4. The van der Waals surface area contributed by atoms with Gasteiger partial charge in [-0.25, -0.2) is 0 Å². The molecule has 0 saturated heterocycles. The molecule has 0 atom stereocenters. The van der Waals surface area contributed by atoms with E-state index in [1.165, 1.54) is 6.08 Å². The first-order chi connectivity index (χ1) is 12.7. The van der Waals surface area contributed by atoms with Crippen LogP contribution in [0.5, 0.6) is 5.75 Å². The molecule has 2 N–H and O–H groups in total. The fourth-order valence-electron chi connectivity index (χ4n) is 2.33. The third-order valence-electron chi connectivity index (χ3n) is 3.89. The third-order valence-corrected chi connectivity index (χ3v) is 3.89. The van der Waals surface area contributed by atoms with Crippen LogP contribution in [0.25, 0.3) is 6.08 Å². The highest BCUT2D eigenvalue weighted by Crippen LogP contribution is 2.18. The summed E-state index contributed by atoms with van der Waals surface area (Å²) in [6.45, 7) is 0.569. The number of nitrogens with one attached hydrogen (secondary N) is 2. The lowest BCUT2D eigenvalue weighted by molar-refractivity contribution is -0.123. The molecule has 1 aliphatic carbocycles. The summed E-state index contributed by atoms with van der Waals surface area (Å²) in [7, 11) is 0. The van der Waals surface area contributed by atoms with Gasteiger partial charge in [0.15, 0.2) is 6.61 Å². The molecule has 2 aromatic rings. The van der Waals surface area contributed by atoms with E-state index in [-0.39, 0.29) is 18.4 Å². The molecule has 6 heteroatoms. The van der Waals surface area contributed by atoms with E-state index in [1.54, 1.807) is 24.5 Å². The molecule has 1 aliphatic rings. The van der Waals surface area contributed by atoms with Crippen molar-refractivity contribution in [1.82, 2.24) is 10.6 Å². The number of benzene rings is 1. The number of hydrogen-bond donors (Lipinski definition) is 2. The van der Waals surface area contributed by atoms with Gasteiger partial charge in [0.1, 0.15) is 11.5 Å². The average molecular weight is 354 g/mol. The van der Waals surface area contributed by atoms with E-state index in [4.69, 9.17) is 9.15 Å². The lowest BCUT2D eigenvalue weighted by atomic mass is 10.1. The van der Waals surface area contributed by atoms with Crippen molar-refractivity contribution in [3.8, 4) is 5.75 Å². The van der Waals surface area contributed by atoms with Gasteiger partial charge >= 0.3 is 0 Å². The highest BCUT2D eigenvalue weighted by Gasteiger charge is 2.23. The second-order valence-corrected chi connectivity index (χ2v) is 6.16. The standard InChI is InChI=1S/C20H22N2O4/c23-19(10-9-17-2-1-13-25-17)21-12-11-15-3-7-18(8-4-15)26-14-20(24)22-16-5-6-16/h1-4,7-10,13,16H,5-6,11-12,14H2,(H,21,23)(H,22,24)/b10-9+. The molecule has 0 bridgehead atoms. The van der Waals surface area contributed by atoms with Gasteiger partial charge in [0.05, 0.1) is 6.26 Å². The van der Waals surface area contributed by atoms with E-state index in [9.17, 15) is 9.59 Å². The Bertz CT molecular complexity index is 747. The van der Waals surface area contributed by atoms with Gasteiger partial charge in [-0.15, -0.1) is 0 Å². The van der Waals surface area contributed by atoms with Crippen molar-refractivity contribution < 1.29 is 18.7 Å². The lowest BCUT2D eigenvalue weighted by Gasteiger charge is -2.08. The molecule has 0 radical (unpaired) electrons. The van der Waals surface area contributed by atoms with E-state index in [0.717, 1.165) is 18.4 Å². The number of carbonyl (C=O) groups excluding carboxylic acids is 2. The van der Waals surface area contributed by atoms with Crippen molar-refractivity contribution in [2.45, 2.75) is 25.3 Å². The largest absolute Gasteiger partial charge is 0.484 e. The summed E-state index contributed by atoms with van der Waals surface area (Å²) in [5.74, 6) is 1.05. The van der Waals surface area contributed by atoms with Crippen molar-refractivity contribution in [3.63, 3.8) is 0 Å². The van der Waals surface area contributed by atoms with Gasteiger partial charge in [-0.05, 0) is 55.2 Å². The first-order valence-electron chi connectivity index (χ1n) is 8.69. The smallest absolute Gasteiger partial charge is 0.258 e. The minimum Gasteiger partial charge on any atom is -0.484 e. The number of hydrogen-bond acceptors (Lipinski definition) is 4. The lowest BCUT2D eigenvalue weighted by Crippen LogP contribution is -2.30. The minimum atomic E-state index is -0.164. The fourth-order valence-corrected chi connectivity index (χ4v) is 2.33. The Morgan fingerprint density at radius 1 is 1.19 bits per heavy atom.